The van der Waals surface area contributed by atoms with Gasteiger partial charge in [-0.15, -0.1) is 0 Å². The highest BCUT2D eigenvalue weighted by Crippen LogP contribution is 2.68. The van der Waals surface area contributed by atoms with Gasteiger partial charge >= 0.3 is 0 Å². The van der Waals surface area contributed by atoms with Crippen molar-refractivity contribution in [3.63, 3.8) is 0 Å². The van der Waals surface area contributed by atoms with E-state index in [0.717, 1.165) is 45.1 Å². The molecular formula is C64H48N2O. The fraction of sp³-hybridized carbons (Fsp3) is 0.156. The normalized spacial score (nSPS) is 21.2. The summed E-state index contributed by atoms with van der Waals surface area (Å²) < 4.78 is 9.02. The Hall–Kier alpha value is -7.62. The Morgan fingerprint density at radius 3 is 1.93 bits per heavy atom. The minimum absolute atomic E-state index is 0.0192. The monoisotopic (exact) mass is 860 g/mol. The highest BCUT2D eigenvalue weighted by Gasteiger charge is 2.61. The SMILES string of the molecule is c1ccc(-c2cccc(N(c3ccc(-c4ccccc4-c4cccc5oc6ccccc6c45)cc3)c3ccc4c5c3c3ccccc3n5-c3ccccc3C43C4CC5CC(C4)CC3C5)c2)cc1. The molecule has 11 aromatic rings. The van der Waals surface area contributed by atoms with Crippen LogP contribution in [-0.4, -0.2) is 4.57 Å². The molecule has 16 rings (SSSR count). The predicted molar refractivity (Wildman–Crippen MR) is 277 cm³/mol. The molecule has 0 amide bonds. The molecule has 3 heteroatoms. The number of para-hydroxylation sites is 3. The molecule has 4 saturated carbocycles. The van der Waals surface area contributed by atoms with Crippen molar-refractivity contribution in [2.24, 2.45) is 23.7 Å². The summed E-state index contributed by atoms with van der Waals surface area (Å²) >= 11 is 0. The number of hydrogen-bond donors (Lipinski definition) is 0. The van der Waals surface area contributed by atoms with E-state index in [1.54, 1.807) is 11.1 Å². The van der Waals surface area contributed by atoms with Gasteiger partial charge in [0.2, 0.25) is 0 Å². The smallest absolute Gasteiger partial charge is 0.136 e. The van der Waals surface area contributed by atoms with E-state index >= 15 is 0 Å². The van der Waals surface area contributed by atoms with Crippen molar-refractivity contribution in [2.75, 3.05) is 4.90 Å². The Balaban J connectivity index is 0.955. The van der Waals surface area contributed by atoms with Crippen molar-refractivity contribution < 1.29 is 4.42 Å². The highest BCUT2D eigenvalue weighted by molar-refractivity contribution is 6.19. The van der Waals surface area contributed by atoms with Crippen LogP contribution in [0, 0.1) is 23.7 Å². The number of aromatic nitrogens is 1. The van der Waals surface area contributed by atoms with Gasteiger partial charge in [-0.2, -0.15) is 0 Å². The standard InChI is InChI=1S/C64H48N2O/c1-2-14-42(15-3-1)44-16-12-17-48(39-44)65(47-30-28-43(29-31-47)49-18-4-5-19-50(49)51-22-13-27-60-61(51)53-21-7-11-26-59(53)67-60)58-33-32-55-63-62(58)52-20-6-9-24-56(52)66(63)57-25-10-8-23-54(57)64(55)45-35-40-34-41(37-45)38-46(64)36-40/h1-33,39-41,45-46H,34-38H2. The van der Waals surface area contributed by atoms with Gasteiger partial charge in [0.05, 0.1) is 22.4 Å². The van der Waals surface area contributed by atoms with Crippen LogP contribution in [0.5, 0.6) is 0 Å². The van der Waals surface area contributed by atoms with Crippen molar-refractivity contribution in [2.45, 2.75) is 37.5 Å². The van der Waals surface area contributed by atoms with Gasteiger partial charge in [-0.3, -0.25) is 0 Å². The number of furan rings is 1. The maximum Gasteiger partial charge on any atom is 0.136 e. The molecule has 1 aliphatic heterocycles. The minimum Gasteiger partial charge on any atom is -0.456 e. The third kappa shape index (κ3) is 5.29. The second-order valence-electron chi connectivity index (χ2n) is 20.0. The van der Waals surface area contributed by atoms with Gasteiger partial charge in [0.15, 0.2) is 0 Å². The van der Waals surface area contributed by atoms with Gasteiger partial charge in [0.1, 0.15) is 11.2 Å². The van der Waals surface area contributed by atoms with E-state index < -0.39 is 0 Å². The Morgan fingerprint density at radius 1 is 0.433 bits per heavy atom. The third-order valence-corrected chi connectivity index (χ3v) is 16.8. The summed E-state index contributed by atoms with van der Waals surface area (Å²) in [6.07, 6.45) is 6.86. The average Bonchev–Trinajstić information content (AvgIpc) is 3.94. The van der Waals surface area contributed by atoms with Gasteiger partial charge in [-0.25, -0.2) is 0 Å². The summed E-state index contributed by atoms with van der Waals surface area (Å²) in [7, 11) is 0. The lowest BCUT2D eigenvalue weighted by atomic mass is 9.41. The van der Waals surface area contributed by atoms with Crippen LogP contribution in [-0.2, 0) is 5.41 Å². The van der Waals surface area contributed by atoms with Gasteiger partial charge in [0, 0.05) is 38.3 Å². The number of hydrogen-bond acceptors (Lipinski definition) is 2. The largest absolute Gasteiger partial charge is 0.456 e. The van der Waals surface area contributed by atoms with Crippen molar-refractivity contribution in [3.05, 3.63) is 217 Å². The lowest BCUT2D eigenvalue weighted by Gasteiger charge is -2.63. The Bertz CT molecular complexity index is 3750. The van der Waals surface area contributed by atoms with Crippen LogP contribution in [0.4, 0.5) is 17.1 Å². The average molecular weight is 861 g/mol. The van der Waals surface area contributed by atoms with Crippen LogP contribution in [0.25, 0.3) is 82.8 Å². The molecule has 0 atom stereocenters. The molecule has 3 heterocycles. The molecule has 3 nitrogen and oxygen atoms in total. The molecule has 0 unspecified atom stereocenters. The van der Waals surface area contributed by atoms with Crippen molar-refractivity contribution in [1.29, 1.82) is 0 Å². The van der Waals surface area contributed by atoms with Gasteiger partial charge in [0.25, 0.3) is 0 Å². The second kappa shape index (κ2) is 14.2. The first-order chi connectivity index (χ1) is 33.2. The van der Waals surface area contributed by atoms with Crippen LogP contribution in [0.1, 0.15) is 43.2 Å². The van der Waals surface area contributed by atoms with E-state index in [9.17, 15) is 0 Å². The molecule has 5 aliphatic rings. The van der Waals surface area contributed by atoms with E-state index in [1.807, 2.05) is 6.07 Å². The maximum absolute atomic E-state index is 6.37. The molecule has 1 spiro atoms. The van der Waals surface area contributed by atoms with Crippen molar-refractivity contribution in [3.8, 4) is 39.1 Å². The zero-order valence-electron chi connectivity index (χ0n) is 37.3. The van der Waals surface area contributed by atoms with E-state index in [-0.39, 0.29) is 5.41 Å². The predicted octanol–water partition coefficient (Wildman–Crippen LogP) is 17.2. The Kier molecular flexibility index (Phi) is 7.96. The van der Waals surface area contributed by atoms with Crippen LogP contribution >= 0.6 is 0 Å². The summed E-state index contributed by atoms with van der Waals surface area (Å²) in [6, 6.07) is 76.8. The number of nitrogens with zero attached hydrogens (tertiary/aromatic N) is 2. The first-order valence-electron chi connectivity index (χ1n) is 24.4. The van der Waals surface area contributed by atoms with Crippen molar-refractivity contribution >= 4 is 60.8 Å². The second-order valence-corrected chi connectivity index (χ2v) is 20.0. The summed E-state index contributed by atoms with van der Waals surface area (Å²) in [5.74, 6) is 3.09. The number of anilines is 3. The van der Waals surface area contributed by atoms with Crippen LogP contribution in [0.15, 0.2) is 211 Å². The molecule has 4 fully saturated rings. The fourth-order valence-electron chi connectivity index (χ4n) is 14.5. The number of fused-ring (bicyclic) bond motifs is 8. The summed E-state index contributed by atoms with van der Waals surface area (Å²) in [4.78, 5) is 2.54. The van der Waals surface area contributed by atoms with Gasteiger partial charge in [-0.1, -0.05) is 152 Å². The zero-order valence-corrected chi connectivity index (χ0v) is 37.3. The van der Waals surface area contributed by atoms with Gasteiger partial charge in [-0.05, 0) is 155 Å². The lowest BCUT2D eigenvalue weighted by molar-refractivity contribution is -0.0418. The molecule has 4 aliphatic carbocycles. The molecule has 320 valence electrons. The molecule has 9 aromatic carbocycles. The minimum atomic E-state index is 0.0192. The number of benzene rings is 9. The molecule has 67 heavy (non-hydrogen) atoms. The van der Waals surface area contributed by atoms with Crippen molar-refractivity contribution in [1.82, 2.24) is 4.57 Å². The molecule has 2 aromatic heterocycles. The third-order valence-electron chi connectivity index (χ3n) is 16.8. The first kappa shape index (κ1) is 37.6. The lowest BCUT2D eigenvalue weighted by Crippen LogP contribution is -2.57. The molecule has 0 saturated heterocycles. The molecule has 0 N–H and O–H groups in total. The molecular weight excluding hydrogens is 813 g/mol. The highest BCUT2D eigenvalue weighted by atomic mass is 16.3. The molecule has 0 radical (unpaired) electrons. The van der Waals surface area contributed by atoms with Crippen LogP contribution in [0.3, 0.4) is 0 Å². The van der Waals surface area contributed by atoms with Crippen LogP contribution in [0.2, 0.25) is 0 Å². The van der Waals surface area contributed by atoms with Crippen LogP contribution < -0.4 is 4.90 Å². The first-order valence-corrected chi connectivity index (χ1v) is 24.4. The topological polar surface area (TPSA) is 21.3 Å². The summed E-state index contributed by atoms with van der Waals surface area (Å²) in [5, 5.41) is 4.95. The van der Waals surface area contributed by atoms with E-state index in [1.165, 1.54) is 98.7 Å². The van der Waals surface area contributed by atoms with E-state index in [4.69, 9.17) is 4.42 Å². The zero-order chi connectivity index (χ0) is 43.8. The van der Waals surface area contributed by atoms with E-state index in [0.29, 0.717) is 11.8 Å². The van der Waals surface area contributed by atoms with E-state index in [2.05, 4.69) is 210 Å². The maximum atomic E-state index is 6.37. The summed E-state index contributed by atoms with van der Waals surface area (Å²) in [5.41, 5.74) is 19.7. The summed E-state index contributed by atoms with van der Waals surface area (Å²) in [6.45, 7) is 0. The Labute approximate surface area is 390 Å². The quantitative estimate of drug-likeness (QED) is 0.166. The fourth-order valence-corrected chi connectivity index (χ4v) is 14.5. The van der Waals surface area contributed by atoms with Gasteiger partial charge < -0.3 is 13.9 Å². The Morgan fingerprint density at radius 2 is 1.09 bits per heavy atom. The molecule has 4 bridgehead atoms. The number of rotatable bonds is 6.